The molecule has 0 atom stereocenters. The van der Waals surface area contributed by atoms with Gasteiger partial charge in [-0.2, -0.15) is 5.10 Å². The smallest absolute Gasteiger partial charge is 0.404 e. The molecular formula is C10H17BN2O2. The third-order valence-corrected chi connectivity index (χ3v) is 2.43. The normalized spacial score (nSPS) is 20.2. The van der Waals surface area contributed by atoms with Gasteiger partial charge in [0.1, 0.15) is 0 Å². The summed E-state index contributed by atoms with van der Waals surface area (Å²) < 4.78 is 13.2. The van der Waals surface area contributed by atoms with Crippen molar-refractivity contribution in [3.8, 4) is 0 Å². The minimum atomic E-state index is -0.257. The number of hydrogen-bond acceptors (Lipinski definition) is 3. The molecule has 0 bridgehead atoms. The molecule has 4 nitrogen and oxygen atoms in total. The lowest BCUT2D eigenvalue weighted by Gasteiger charge is -2.14. The fourth-order valence-corrected chi connectivity index (χ4v) is 1.56. The molecule has 0 spiro atoms. The molecule has 0 unspecified atom stereocenters. The van der Waals surface area contributed by atoms with E-state index in [1.54, 1.807) is 0 Å². The van der Waals surface area contributed by atoms with E-state index < -0.39 is 0 Å². The lowest BCUT2D eigenvalue weighted by molar-refractivity contribution is 0.137. The Bertz CT molecular complexity index is 349. The van der Waals surface area contributed by atoms with E-state index in [0.29, 0.717) is 12.6 Å². The van der Waals surface area contributed by atoms with Crippen LogP contribution in [0.25, 0.3) is 0 Å². The highest BCUT2D eigenvalue weighted by Gasteiger charge is 2.38. The second kappa shape index (κ2) is 3.65. The van der Waals surface area contributed by atoms with Gasteiger partial charge in [0.05, 0.1) is 12.2 Å². The van der Waals surface area contributed by atoms with Crippen LogP contribution in [-0.4, -0.2) is 29.1 Å². The summed E-state index contributed by atoms with van der Waals surface area (Å²) in [7, 11) is -0.257. The lowest BCUT2D eigenvalue weighted by Crippen LogP contribution is -2.33. The first-order chi connectivity index (χ1) is 6.98. The molecule has 1 aromatic heterocycles. The van der Waals surface area contributed by atoms with E-state index >= 15 is 0 Å². The van der Waals surface area contributed by atoms with E-state index in [0.717, 1.165) is 5.46 Å². The van der Waals surface area contributed by atoms with Gasteiger partial charge in [0.15, 0.2) is 0 Å². The van der Waals surface area contributed by atoms with Gasteiger partial charge in [0, 0.05) is 23.9 Å². The quantitative estimate of drug-likeness (QED) is 0.680. The van der Waals surface area contributed by atoms with Crippen molar-refractivity contribution in [2.45, 2.75) is 39.3 Å². The zero-order chi connectivity index (χ0) is 11.1. The fourth-order valence-electron chi connectivity index (χ4n) is 1.56. The van der Waals surface area contributed by atoms with Crippen LogP contribution in [0.3, 0.4) is 0 Å². The highest BCUT2D eigenvalue weighted by atomic mass is 16.7. The van der Waals surface area contributed by atoms with Crippen molar-refractivity contribution in [3.05, 3.63) is 12.4 Å². The van der Waals surface area contributed by atoms with Crippen molar-refractivity contribution in [1.29, 1.82) is 0 Å². The van der Waals surface area contributed by atoms with E-state index in [9.17, 15) is 0 Å². The third-order valence-electron chi connectivity index (χ3n) is 2.43. The van der Waals surface area contributed by atoms with Crippen molar-refractivity contribution in [1.82, 2.24) is 9.78 Å². The predicted molar refractivity (Wildman–Crippen MR) is 59.1 cm³/mol. The van der Waals surface area contributed by atoms with Crippen LogP contribution in [0.4, 0.5) is 0 Å². The summed E-state index contributed by atoms with van der Waals surface area (Å²) in [5, 5.41) is 4.26. The maximum Gasteiger partial charge on any atom is 0.497 e. The van der Waals surface area contributed by atoms with Crippen LogP contribution in [0.5, 0.6) is 0 Å². The minimum absolute atomic E-state index is 0.190. The fraction of sp³-hybridized carbons (Fsp3) is 0.700. The Balaban J connectivity index is 2.11. The number of rotatable bonds is 2. The molecule has 0 aromatic carbocycles. The first-order valence-corrected chi connectivity index (χ1v) is 5.31. The first kappa shape index (κ1) is 10.7. The molecule has 1 aliphatic rings. The number of aromatic nitrogens is 2. The van der Waals surface area contributed by atoms with Gasteiger partial charge in [-0.05, 0) is 27.7 Å². The van der Waals surface area contributed by atoms with E-state index in [1.165, 1.54) is 0 Å². The summed E-state index contributed by atoms with van der Waals surface area (Å²) in [6, 6.07) is 0.369. The minimum Gasteiger partial charge on any atom is -0.404 e. The van der Waals surface area contributed by atoms with Gasteiger partial charge in [-0.15, -0.1) is 0 Å². The second-order valence-electron chi connectivity index (χ2n) is 4.87. The van der Waals surface area contributed by atoms with Crippen molar-refractivity contribution in [2.24, 2.45) is 0 Å². The summed E-state index contributed by atoms with van der Waals surface area (Å²) in [5.74, 6) is 0. The van der Waals surface area contributed by atoms with Gasteiger partial charge in [-0.3, -0.25) is 4.68 Å². The number of nitrogens with zero attached hydrogens (tertiary/aromatic N) is 2. The molecule has 1 saturated heterocycles. The topological polar surface area (TPSA) is 36.3 Å². The largest absolute Gasteiger partial charge is 0.497 e. The third kappa shape index (κ3) is 2.24. The molecule has 82 valence electrons. The Morgan fingerprint density at radius 1 is 1.53 bits per heavy atom. The first-order valence-electron chi connectivity index (χ1n) is 5.31. The molecule has 2 rings (SSSR count). The summed E-state index contributed by atoms with van der Waals surface area (Å²) in [5.41, 5.74) is 0.805. The van der Waals surface area contributed by atoms with Gasteiger partial charge in [0.2, 0.25) is 0 Å². The standard InChI is InChI=1S/C10H17BN2O2/c1-8(2)13-6-9(5-12-13)11-14-7-10(3,4)15-11/h5-6,8H,7H2,1-4H3. The van der Waals surface area contributed by atoms with Gasteiger partial charge in [-0.1, -0.05) is 0 Å². The van der Waals surface area contributed by atoms with Crippen molar-refractivity contribution in [2.75, 3.05) is 6.61 Å². The predicted octanol–water partition coefficient (Wildman–Crippen LogP) is 0.985. The molecule has 0 saturated carbocycles. The zero-order valence-electron chi connectivity index (χ0n) is 9.73. The highest BCUT2D eigenvalue weighted by molar-refractivity contribution is 6.61. The van der Waals surface area contributed by atoms with Gasteiger partial charge >= 0.3 is 7.12 Å². The molecule has 1 aliphatic heterocycles. The van der Waals surface area contributed by atoms with Crippen LogP contribution < -0.4 is 5.46 Å². The molecular weight excluding hydrogens is 191 g/mol. The Labute approximate surface area is 90.7 Å². The van der Waals surface area contributed by atoms with Crippen LogP contribution in [0, 0.1) is 0 Å². The van der Waals surface area contributed by atoms with Crippen LogP contribution in [-0.2, 0) is 9.31 Å². The van der Waals surface area contributed by atoms with E-state index in [-0.39, 0.29) is 12.7 Å². The van der Waals surface area contributed by atoms with E-state index in [1.807, 2.05) is 30.9 Å². The summed E-state index contributed by atoms with van der Waals surface area (Å²) in [6.07, 6.45) is 3.79. The molecule has 0 radical (unpaired) electrons. The molecule has 15 heavy (non-hydrogen) atoms. The average molecular weight is 208 g/mol. The van der Waals surface area contributed by atoms with E-state index in [2.05, 4.69) is 18.9 Å². The van der Waals surface area contributed by atoms with Gasteiger partial charge < -0.3 is 9.31 Å². The molecule has 1 fully saturated rings. The Hall–Kier alpha value is -0.805. The van der Waals surface area contributed by atoms with Gasteiger partial charge in [-0.25, -0.2) is 0 Å². The molecule has 0 N–H and O–H groups in total. The SMILES string of the molecule is CC(C)n1cc(B2OCC(C)(C)O2)cn1. The van der Waals surface area contributed by atoms with E-state index in [4.69, 9.17) is 9.31 Å². The summed E-state index contributed by atoms with van der Waals surface area (Å²) in [4.78, 5) is 0. The molecule has 2 heterocycles. The second-order valence-corrected chi connectivity index (χ2v) is 4.87. The maximum atomic E-state index is 5.75. The zero-order valence-corrected chi connectivity index (χ0v) is 9.73. The highest BCUT2D eigenvalue weighted by Crippen LogP contribution is 2.19. The molecule has 0 aliphatic carbocycles. The Morgan fingerprint density at radius 3 is 2.73 bits per heavy atom. The molecule has 5 heteroatoms. The summed E-state index contributed by atoms with van der Waals surface area (Å²) >= 11 is 0. The van der Waals surface area contributed by atoms with Crippen LogP contribution in [0.2, 0.25) is 0 Å². The van der Waals surface area contributed by atoms with Gasteiger partial charge in [0.25, 0.3) is 0 Å². The Kier molecular flexibility index (Phi) is 2.60. The van der Waals surface area contributed by atoms with Crippen LogP contribution in [0.1, 0.15) is 33.7 Å². The summed E-state index contributed by atoms with van der Waals surface area (Å²) in [6.45, 7) is 8.87. The monoisotopic (exact) mass is 208 g/mol. The van der Waals surface area contributed by atoms with Crippen molar-refractivity contribution < 1.29 is 9.31 Å². The maximum absolute atomic E-state index is 5.75. The molecule has 1 aromatic rings. The molecule has 0 amide bonds. The lowest BCUT2D eigenvalue weighted by atomic mass is 9.82. The van der Waals surface area contributed by atoms with Crippen LogP contribution in [0.15, 0.2) is 12.4 Å². The number of hydrogen-bond donors (Lipinski definition) is 0. The van der Waals surface area contributed by atoms with Crippen LogP contribution >= 0.6 is 0 Å². The van der Waals surface area contributed by atoms with Crippen molar-refractivity contribution in [3.63, 3.8) is 0 Å². The Morgan fingerprint density at radius 2 is 2.27 bits per heavy atom. The average Bonchev–Trinajstić information content (AvgIpc) is 2.70. The van der Waals surface area contributed by atoms with Crippen molar-refractivity contribution >= 4 is 12.6 Å².